The second kappa shape index (κ2) is 13.0. The van der Waals surface area contributed by atoms with Gasteiger partial charge in [-0.3, -0.25) is 4.90 Å². The number of hydrogen-bond acceptors (Lipinski definition) is 4. The van der Waals surface area contributed by atoms with Crippen molar-refractivity contribution >= 4 is 0 Å². The highest BCUT2D eigenvalue weighted by Crippen LogP contribution is 2.38. The van der Waals surface area contributed by atoms with E-state index >= 15 is 0 Å². The van der Waals surface area contributed by atoms with E-state index in [2.05, 4.69) is 65.7 Å². The van der Waals surface area contributed by atoms with Gasteiger partial charge in [0.1, 0.15) is 11.5 Å². The standard InChI is InChI=1S/C34H46N2O2/c1-3-36(24-26-11-9-25(10-12-26)19-20-35-30-7-5-4-6-8-30)34-23-32(38-2)17-18-33(34)29-14-13-28-22-31(37)16-15-27(28)21-29/h9-12,15-18,22-23,29-30,33-35,37H,3-8,13-14,19-21,24H2,1-2H3/t29-,33?,34?/m1/s1. The molecule has 0 aliphatic heterocycles. The minimum atomic E-state index is 0.308. The zero-order valence-corrected chi connectivity index (χ0v) is 23.4. The van der Waals surface area contributed by atoms with Gasteiger partial charge in [-0.15, -0.1) is 0 Å². The predicted octanol–water partition coefficient (Wildman–Crippen LogP) is 6.57. The molecule has 38 heavy (non-hydrogen) atoms. The molecule has 0 radical (unpaired) electrons. The van der Waals surface area contributed by atoms with Gasteiger partial charge in [-0.05, 0) is 110 Å². The van der Waals surface area contributed by atoms with E-state index in [0.29, 0.717) is 23.6 Å². The van der Waals surface area contributed by atoms with Gasteiger partial charge >= 0.3 is 0 Å². The minimum Gasteiger partial charge on any atom is -0.508 e. The Hall–Kier alpha value is -2.56. The van der Waals surface area contributed by atoms with E-state index in [1.54, 1.807) is 7.11 Å². The first kappa shape index (κ1) is 27.0. The average Bonchev–Trinajstić information content (AvgIpc) is 2.96. The summed E-state index contributed by atoms with van der Waals surface area (Å²) in [6.45, 7) is 5.29. The summed E-state index contributed by atoms with van der Waals surface area (Å²) in [5.41, 5.74) is 5.50. The Morgan fingerprint density at radius 3 is 2.53 bits per heavy atom. The van der Waals surface area contributed by atoms with Gasteiger partial charge in [0.15, 0.2) is 0 Å². The quantitative estimate of drug-likeness (QED) is 0.376. The first-order valence-electron chi connectivity index (χ1n) is 14.9. The number of nitrogens with one attached hydrogen (secondary N) is 1. The third kappa shape index (κ3) is 6.71. The van der Waals surface area contributed by atoms with Gasteiger partial charge in [0, 0.05) is 18.6 Å². The fourth-order valence-electron chi connectivity index (χ4n) is 6.88. The van der Waals surface area contributed by atoms with Gasteiger partial charge in [-0.1, -0.05) is 62.6 Å². The summed E-state index contributed by atoms with van der Waals surface area (Å²) in [6, 6.07) is 16.3. The number of nitrogens with zero attached hydrogens (tertiary/aromatic N) is 1. The molecule has 204 valence electrons. The first-order valence-corrected chi connectivity index (χ1v) is 14.9. The number of aryl methyl sites for hydroxylation is 1. The van der Waals surface area contributed by atoms with Gasteiger partial charge in [-0.2, -0.15) is 0 Å². The van der Waals surface area contributed by atoms with Crippen molar-refractivity contribution in [3.63, 3.8) is 0 Å². The van der Waals surface area contributed by atoms with Gasteiger partial charge in [0.05, 0.1) is 7.11 Å². The van der Waals surface area contributed by atoms with Crippen molar-refractivity contribution in [3.8, 4) is 5.75 Å². The van der Waals surface area contributed by atoms with Crippen LogP contribution < -0.4 is 5.32 Å². The molecule has 0 amide bonds. The van der Waals surface area contributed by atoms with Crippen LogP contribution in [0.3, 0.4) is 0 Å². The predicted molar refractivity (Wildman–Crippen MR) is 156 cm³/mol. The molecule has 3 aliphatic rings. The number of benzene rings is 2. The second-order valence-corrected chi connectivity index (χ2v) is 11.6. The fraction of sp³-hybridized carbons (Fsp3) is 0.529. The van der Waals surface area contributed by atoms with Crippen LogP contribution in [0.1, 0.15) is 67.7 Å². The molecule has 2 unspecified atom stereocenters. The van der Waals surface area contributed by atoms with E-state index in [4.69, 9.17) is 4.74 Å². The van der Waals surface area contributed by atoms with Gasteiger partial charge in [-0.25, -0.2) is 0 Å². The Morgan fingerprint density at radius 1 is 0.974 bits per heavy atom. The Labute approximate surface area is 229 Å². The van der Waals surface area contributed by atoms with Crippen molar-refractivity contribution in [2.24, 2.45) is 11.8 Å². The van der Waals surface area contributed by atoms with Gasteiger partial charge in [0.25, 0.3) is 0 Å². The molecule has 1 saturated carbocycles. The van der Waals surface area contributed by atoms with Crippen LogP contribution in [0.15, 0.2) is 66.5 Å². The molecular formula is C34H46N2O2. The number of allylic oxidation sites excluding steroid dienone is 1. The number of aromatic hydroxyl groups is 1. The highest BCUT2D eigenvalue weighted by molar-refractivity contribution is 5.37. The van der Waals surface area contributed by atoms with E-state index in [0.717, 1.165) is 57.1 Å². The van der Waals surface area contributed by atoms with Crippen molar-refractivity contribution in [2.75, 3.05) is 20.2 Å². The van der Waals surface area contributed by atoms with E-state index in [1.807, 2.05) is 12.1 Å². The zero-order valence-electron chi connectivity index (χ0n) is 23.4. The van der Waals surface area contributed by atoms with Crippen LogP contribution in [-0.4, -0.2) is 42.3 Å². The summed E-state index contributed by atoms with van der Waals surface area (Å²) in [5.74, 6) is 2.37. The summed E-state index contributed by atoms with van der Waals surface area (Å²) in [5, 5.41) is 13.7. The SMILES string of the molecule is CCN(Cc1ccc(CCNC2CCCCC2)cc1)C1C=C(OC)C=CC1[C@@H]1CCc2cc(O)ccc2C1. The maximum absolute atomic E-state index is 9.92. The number of methoxy groups -OCH3 is 1. The Kier molecular flexibility index (Phi) is 9.24. The number of phenols is 1. The Morgan fingerprint density at radius 2 is 1.76 bits per heavy atom. The number of phenolic OH excluding ortho intramolecular Hbond substituents is 1. The van der Waals surface area contributed by atoms with E-state index < -0.39 is 0 Å². The van der Waals surface area contributed by atoms with Crippen LogP contribution in [0.2, 0.25) is 0 Å². The molecule has 4 heteroatoms. The van der Waals surface area contributed by atoms with E-state index in [1.165, 1.54) is 54.4 Å². The molecule has 2 aromatic carbocycles. The van der Waals surface area contributed by atoms with Crippen molar-refractivity contribution < 1.29 is 9.84 Å². The lowest BCUT2D eigenvalue weighted by Gasteiger charge is -2.41. The number of hydrogen-bond donors (Lipinski definition) is 2. The zero-order chi connectivity index (χ0) is 26.3. The summed E-state index contributed by atoms with van der Waals surface area (Å²) in [7, 11) is 1.77. The Balaban J connectivity index is 1.23. The number of ether oxygens (including phenoxy) is 1. The molecule has 0 saturated heterocycles. The average molecular weight is 515 g/mol. The molecule has 3 atom stereocenters. The fourth-order valence-corrected chi connectivity index (χ4v) is 6.88. The van der Waals surface area contributed by atoms with Crippen molar-refractivity contribution in [1.29, 1.82) is 0 Å². The van der Waals surface area contributed by atoms with Crippen LogP contribution in [0, 0.1) is 11.8 Å². The topological polar surface area (TPSA) is 44.7 Å². The highest BCUT2D eigenvalue weighted by atomic mass is 16.5. The highest BCUT2D eigenvalue weighted by Gasteiger charge is 2.34. The molecular weight excluding hydrogens is 468 g/mol. The Bertz CT molecular complexity index is 1100. The number of likely N-dealkylation sites (N-methyl/N-ethyl adjacent to an activating group) is 1. The van der Waals surface area contributed by atoms with Crippen LogP contribution in [0.4, 0.5) is 0 Å². The molecule has 5 rings (SSSR count). The van der Waals surface area contributed by atoms with Crippen molar-refractivity contribution in [1.82, 2.24) is 10.2 Å². The molecule has 4 nitrogen and oxygen atoms in total. The lowest BCUT2D eigenvalue weighted by molar-refractivity contribution is 0.147. The third-order valence-electron chi connectivity index (χ3n) is 9.14. The normalized spacial score (nSPS) is 23.8. The lowest BCUT2D eigenvalue weighted by Crippen LogP contribution is -2.43. The van der Waals surface area contributed by atoms with Crippen molar-refractivity contribution in [3.05, 3.63) is 88.7 Å². The number of fused-ring (bicyclic) bond motifs is 1. The van der Waals surface area contributed by atoms with E-state index in [9.17, 15) is 5.11 Å². The monoisotopic (exact) mass is 514 g/mol. The van der Waals surface area contributed by atoms with Crippen LogP contribution in [-0.2, 0) is 30.5 Å². The summed E-state index contributed by atoms with van der Waals surface area (Å²) in [6.07, 6.45) is 18.1. The molecule has 3 aliphatic carbocycles. The van der Waals surface area contributed by atoms with Crippen molar-refractivity contribution in [2.45, 2.75) is 83.3 Å². The van der Waals surface area contributed by atoms with Crippen LogP contribution in [0.25, 0.3) is 0 Å². The van der Waals surface area contributed by atoms with Gasteiger partial charge < -0.3 is 15.2 Å². The number of rotatable bonds is 10. The molecule has 2 aromatic rings. The summed E-state index contributed by atoms with van der Waals surface area (Å²) >= 11 is 0. The minimum absolute atomic E-state index is 0.308. The molecule has 0 heterocycles. The lowest BCUT2D eigenvalue weighted by atomic mass is 9.72. The molecule has 0 bridgehead atoms. The van der Waals surface area contributed by atoms with Crippen LogP contribution >= 0.6 is 0 Å². The van der Waals surface area contributed by atoms with Gasteiger partial charge in [0.2, 0.25) is 0 Å². The molecule has 2 N–H and O–H groups in total. The third-order valence-corrected chi connectivity index (χ3v) is 9.14. The largest absolute Gasteiger partial charge is 0.508 e. The first-order chi connectivity index (χ1) is 18.6. The van der Waals surface area contributed by atoms with E-state index in [-0.39, 0.29) is 0 Å². The van der Waals surface area contributed by atoms with Crippen LogP contribution in [0.5, 0.6) is 5.75 Å². The smallest absolute Gasteiger partial charge is 0.116 e. The molecule has 1 fully saturated rings. The second-order valence-electron chi connectivity index (χ2n) is 11.6. The summed E-state index contributed by atoms with van der Waals surface area (Å²) < 4.78 is 5.68. The molecule has 0 aromatic heterocycles. The maximum Gasteiger partial charge on any atom is 0.116 e. The molecule has 0 spiro atoms. The summed E-state index contributed by atoms with van der Waals surface area (Å²) in [4.78, 5) is 2.61. The maximum atomic E-state index is 9.92.